The van der Waals surface area contributed by atoms with Gasteiger partial charge in [0.05, 0.1) is 7.11 Å². The highest BCUT2D eigenvalue weighted by Crippen LogP contribution is 2.19. The van der Waals surface area contributed by atoms with E-state index < -0.39 is 12.1 Å². The Morgan fingerprint density at radius 3 is 3.00 bits per heavy atom. The molecule has 1 unspecified atom stereocenters. The lowest BCUT2D eigenvalue weighted by atomic mass is 10.2. The normalized spacial score (nSPS) is 18.8. The van der Waals surface area contributed by atoms with E-state index in [2.05, 4.69) is 15.2 Å². The monoisotopic (exact) mass is 253 g/mol. The Morgan fingerprint density at radius 1 is 1.61 bits per heavy atom. The molecule has 0 bridgehead atoms. The number of anilines is 1. The molecule has 18 heavy (non-hydrogen) atoms. The zero-order chi connectivity index (χ0) is 13.1. The third-order valence-electron chi connectivity index (χ3n) is 2.84. The predicted octanol–water partition coefficient (Wildman–Crippen LogP) is 1.15. The van der Waals surface area contributed by atoms with E-state index in [4.69, 9.17) is 4.52 Å². The second-order valence-corrected chi connectivity index (χ2v) is 4.13. The maximum absolute atomic E-state index is 12.0. The van der Waals surface area contributed by atoms with Gasteiger partial charge in [0.15, 0.2) is 5.82 Å². The average molecular weight is 253 g/mol. The third-order valence-corrected chi connectivity index (χ3v) is 2.84. The Balaban J connectivity index is 2.02. The van der Waals surface area contributed by atoms with Crippen LogP contribution in [0.15, 0.2) is 10.6 Å². The molecule has 1 aromatic rings. The molecule has 1 N–H and O–H groups in total. The molecular formula is C11H15N3O4. The van der Waals surface area contributed by atoms with Gasteiger partial charge in [0.1, 0.15) is 11.8 Å². The van der Waals surface area contributed by atoms with Crippen LogP contribution in [0.5, 0.6) is 0 Å². The molecule has 0 radical (unpaired) electrons. The molecule has 2 rings (SSSR count). The number of nitrogens with one attached hydrogen (secondary N) is 1. The number of hydrogen-bond donors (Lipinski definition) is 1. The number of aromatic nitrogens is 1. The van der Waals surface area contributed by atoms with Gasteiger partial charge < -0.3 is 14.6 Å². The lowest BCUT2D eigenvalue weighted by Crippen LogP contribution is -2.43. The van der Waals surface area contributed by atoms with E-state index in [9.17, 15) is 9.59 Å². The zero-order valence-electron chi connectivity index (χ0n) is 10.3. The number of methoxy groups -OCH3 is 1. The first-order chi connectivity index (χ1) is 8.61. The fourth-order valence-corrected chi connectivity index (χ4v) is 2.01. The summed E-state index contributed by atoms with van der Waals surface area (Å²) >= 11 is 0. The molecule has 0 spiro atoms. The first-order valence-electron chi connectivity index (χ1n) is 5.70. The SMILES string of the molecule is COC(=O)N1CCCC1C(=O)Nc1cc(C)on1. The van der Waals surface area contributed by atoms with Crippen LogP contribution in [0.25, 0.3) is 0 Å². The van der Waals surface area contributed by atoms with Gasteiger partial charge in [-0.2, -0.15) is 0 Å². The van der Waals surface area contributed by atoms with Crippen molar-refractivity contribution in [2.24, 2.45) is 0 Å². The highest BCUT2D eigenvalue weighted by molar-refractivity contribution is 5.96. The van der Waals surface area contributed by atoms with Crippen molar-refractivity contribution in [2.45, 2.75) is 25.8 Å². The minimum atomic E-state index is -0.505. The number of nitrogens with zero attached hydrogens (tertiary/aromatic N) is 2. The van der Waals surface area contributed by atoms with Gasteiger partial charge in [0.2, 0.25) is 5.91 Å². The molecule has 98 valence electrons. The van der Waals surface area contributed by atoms with E-state index in [1.807, 2.05) is 0 Å². The zero-order valence-corrected chi connectivity index (χ0v) is 10.3. The van der Waals surface area contributed by atoms with E-state index in [1.165, 1.54) is 12.0 Å². The van der Waals surface area contributed by atoms with Crippen LogP contribution in [0.4, 0.5) is 10.6 Å². The van der Waals surface area contributed by atoms with E-state index in [0.29, 0.717) is 24.5 Å². The standard InChI is InChI=1S/C11H15N3O4/c1-7-6-9(13-18-7)12-10(15)8-4-3-5-14(8)11(16)17-2/h6,8H,3-5H2,1-2H3,(H,12,13,15). The van der Waals surface area contributed by atoms with E-state index in [-0.39, 0.29) is 5.91 Å². The van der Waals surface area contributed by atoms with Gasteiger partial charge in [0.25, 0.3) is 0 Å². The molecule has 1 aromatic heterocycles. The number of carbonyl (C=O) groups excluding carboxylic acids is 2. The smallest absolute Gasteiger partial charge is 0.410 e. The van der Waals surface area contributed by atoms with Crippen LogP contribution >= 0.6 is 0 Å². The topological polar surface area (TPSA) is 84.7 Å². The number of likely N-dealkylation sites (tertiary alicyclic amines) is 1. The number of aryl methyl sites for hydroxylation is 1. The van der Waals surface area contributed by atoms with Crippen molar-refractivity contribution in [3.05, 3.63) is 11.8 Å². The van der Waals surface area contributed by atoms with Crippen molar-refractivity contribution in [3.63, 3.8) is 0 Å². The largest absolute Gasteiger partial charge is 0.453 e. The molecule has 1 aliphatic rings. The van der Waals surface area contributed by atoms with Gasteiger partial charge in [-0.25, -0.2) is 4.79 Å². The Morgan fingerprint density at radius 2 is 2.39 bits per heavy atom. The van der Waals surface area contributed by atoms with E-state index in [1.54, 1.807) is 13.0 Å². The Bertz CT molecular complexity index is 457. The summed E-state index contributed by atoms with van der Waals surface area (Å²) in [5.41, 5.74) is 0. The highest BCUT2D eigenvalue weighted by Gasteiger charge is 2.35. The summed E-state index contributed by atoms with van der Waals surface area (Å²) in [6.45, 7) is 2.27. The molecule has 1 aliphatic heterocycles. The Hall–Kier alpha value is -2.05. The van der Waals surface area contributed by atoms with Crippen molar-refractivity contribution in [2.75, 3.05) is 19.0 Å². The molecule has 1 saturated heterocycles. The van der Waals surface area contributed by atoms with Gasteiger partial charge in [-0.3, -0.25) is 9.69 Å². The summed E-state index contributed by atoms with van der Waals surface area (Å²) in [7, 11) is 1.30. The molecular weight excluding hydrogens is 238 g/mol. The fraction of sp³-hybridized carbons (Fsp3) is 0.545. The molecule has 7 heteroatoms. The van der Waals surface area contributed by atoms with E-state index >= 15 is 0 Å². The van der Waals surface area contributed by atoms with Crippen molar-refractivity contribution in [3.8, 4) is 0 Å². The fourth-order valence-electron chi connectivity index (χ4n) is 2.01. The number of ether oxygens (including phenoxy) is 1. The summed E-state index contributed by atoms with van der Waals surface area (Å²) in [6.07, 6.45) is 0.923. The molecule has 0 aliphatic carbocycles. The van der Waals surface area contributed by atoms with Crippen molar-refractivity contribution in [1.29, 1.82) is 0 Å². The Labute approximate surface area is 104 Å². The van der Waals surface area contributed by atoms with Gasteiger partial charge in [-0.05, 0) is 19.8 Å². The molecule has 2 amide bonds. The first-order valence-corrected chi connectivity index (χ1v) is 5.70. The van der Waals surface area contributed by atoms with Crippen molar-refractivity contribution >= 4 is 17.8 Å². The minimum absolute atomic E-state index is 0.272. The summed E-state index contributed by atoms with van der Waals surface area (Å²) in [4.78, 5) is 24.9. The van der Waals surface area contributed by atoms with Crippen LogP contribution in [-0.4, -0.2) is 41.8 Å². The van der Waals surface area contributed by atoms with Crippen LogP contribution in [-0.2, 0) is 9.53 Å². The van der Waals surface area contributed by atoms with Gasteiger partial charge in [-0.1, -0.05) is 5.16 Å². The van der Waals surface area contributed by atoms with Crippen molar-refractivity contribution < 1.29 is 18.8 Å². The van der Waals surface area contributed by atoms with Crippen LogP contribution in [0.2, 0.25) is 0 Å². The first kappa shape index (κ1) is 12.4. The minimum Gasteiger partial charge on any atom is -0.453 e. The molecule has 1 fully saturated rings. The van der Waals surface area contributed by atoms with Gasteiger partial charge in [-0.15, -0.1) is 0 Å². The summed E-state index contributed by atoms with van der Waals surface area (Å²) < 4.78 is 9.50. The van der Waals surface area contributed by atoms with Crippen LogP contribution < -0.4 is 5.32 Å². The van der Waals surface area contributed by atoms with Gasteiger partial charge in [0, 0.05) is 12.6 Å². The van der Waals surface area contributed by atoms with Crippen LogP contribution in [0.3, 0.4) is 0 Å². The molecule has 1 atom stereocenters. The summed E-state index contributed by atoms with van der Waals surface area (Å²) in [5.74, 6) is 0.696. The number of amides is 2. The molecule has 7 nitrogen and oxygen atoms in total. The van der Waals surface area contributed by atoms with Crippen molar-refractivity contribution in [1.82, 2.24) is 10.1 Å². The molecule has 2 heterocycles. The summed E-state index contributed by atoms with van der Waals surface area (Å²) in [6, 6.07) is 1.12. The quantitative estimate of drug-likeness (QED) is 0.854. The maximum Gasteiger partial charge on any atom is 0.410 e. The average Bonchev–Trinajstić information content (AvgIpc) is 2.97. The molecule has 0 aromatic carbocycles. The second-order valence-electron chi connectivity index (χ2n) is 4.13. The van der Waals surface area contributed by atoms with Crippen LogP contribution in [0, 0.1) is 6.92 Å². The molecule has 0 saturated carbocycles. The highest BCUT2D eigenvalue weighted by atomic mass is 16.5. The van der Waals surface area contributed by atoms with Gasteiger partial charge >= 0.3 is 6.09 Å². The van der Waals surface area contributed by atoms with Crippen LogP contribution in [0.1, 0.15) is 18.6 Å². The Kier molecular flexibility index (Phi) is 3.50. The lowest BCUT2D eigenvalue weighted by Gasteiger charge is -2.21. The number of hydrogen-bond acceptors (Lipinski definition) is 5. The number of rotatable bonds is 2. The third kappa shape index (κ3) is 2.44. The second kappa shape index (κ2) is 5.07. The van der Waals surface area contributed by atoms with E-state index in [0.717, 1.165) is 6.42 Å². The number of carbonyl (C=O) groups is 2. The summed E-state index contributed by atoms with van der Waals surface area (Å²) in [5, 5.41) is 6.30. The lowest BCUT2D eigenvalue weighted by molar-refractivity contribution is -0.120. The maximum atomic E-state index is 12.0. The predicted molar refractivity (Wildman–Crippen MR) is 62.0 cm³/mol.